The summed E-state index contributed by atoms with van der Waals surface area (Å²) in [5.41, 5.74) is 3.10. The molecule has 1 aromatic heterocycles. The Bertz CT molecular complexity index is 647. The number of nitrogens with zero attached hydrogens (tertiary/aromatic N) is 2. The third kappa shape index (κ3) is 3.95. The maximum atomic E-state index is 12.2. The van der Waals surface area contributed by atoms with Crippen molar-refractivity contribution in [2.24, 2.45) is 0 Å². The summed E-state index contributed by atoms with van der Waals surface area (Å²) in [5.74, 6) is -0.363. The third-order valence-corrected chi connectivity index (χ3v) is 3.16. The van der Waals surface area contributed by atoms with E-state index in [9.17, 15) is 4.79 Å². The molecule has 0 aliphatic heterocycles. The highest BCUT2D eigenvalue weighted by Gasteiger charge is 2.14. The zero-order chi connectivity index (χ0) is 15.9. The average Bonchev–Trinajstić information content (AvgIpc) is 2.54. The molecule has 0 spiro atoms. The molecular weight excluding hydrogens is 276 g/mol. The highest BCUT2D eigenvalue weighted by molar-refractivity contribution is 6.21. The largest absolute Gasteiger partial charge is 0.462 e. The Morgan fingerprint density at radius 3 is 2.45 bits per heavy atom. The molecular formula is C18H20N2O2. The summed E-state index contributed by atoms with van der Waals surface area (Å²) in [4.78, 5) is 18.5. The first-order valence-corrected chi connectivity index (χ1v) is 7.19. The Morgan fingerprint density at radius 1 is 1.18 bits per heavy atom. The van der Waals surface area contributed by atoms with E-state index in [1.165, 1.54) is 0 Å². The number of aromatic nitrogens is 1. The Hall–Kier alpha value is -2.62. The fourth-order valence-electron chi connectivity index (χ4n) is 2.00. The first-order chi connectivity index (χ1) is 10.6. The van der Waals surface area contributed by atoms with Crippen LogP contribution in [0.25, 0.3) is 11.6 Å². The number of carbonyl (C=O) groups is 1. The SMILES string of the molecule is CCOC(=O)C(=Cc1ccc(N(C)C)cc1)c1ccccn1. The summed E-state index contributed by atoms with van der Waals surface area (Å²) in [7, 11) is 3.98. The molecule has 0 N–H and O–H groups in total. The Morgan fingerprint density at radius 2 is 1.91 bits per heavy atom. The fourth-order valence-corrected chi connectivity index (χ4v) is 2.00. The minimum absolute atomic E-state index is 0.336. The van der Waals surface area contributed by atoms with E-state index in [-0.39, 0.29) is 5.97 Å². The van der Waals surface area contributed by atoms with Crippen molar-refractivity contribution >= 4 is 23.3 Å². The van der Waals surface area contributed by atoms with Crippen molar-refractivity contribution in [3.05, 3.63) is 59.9 Å². The smallest absolute Gasteiger partial charge is 0.340 e. The van der Waals surface area contributed by atoms with Gasteiger partial charge in [0.2, 0.25) is 0 Å². The molecule has 4 nitrogen and oxygen atoms in total. The Balaban J connectivity index is 2.37. The molecule has 1 heterocycles. The van der Waals surface area contributed by atoms with Crippen LogP contribution in [0, 0.1) is 0 Å². The van der Waals surface area contributed by atoms with Gasteiger partial charge in [-0.2, -0.15) is 0 Å². The lowest BCUT2D eigenvalue weighted by Gasteiger charge is -2.12. The van der Waals surface area contributed by atoms with Crippen LogP contribution in [0.3, 0.4) is 0 Å². The first-order valence-electron chi connectivity index (χ1n) is 7.19. The quantitative estimate of drug-likeness (QED) is 0.627. The van der Waals surface area contributed by atoms with Crippen LogP contribution in [0.15, 0.2) is 48.7 Å². The zero-order valence-corrected chi connectivity index (χ0v) is 13.1. The highest BCUT2D eigenvalue weighted by Crippen LogP contribution is 2.20. The van der Waals surface area contributed by atoms with Gasteiger partial charge in [-0.1, -0.05) is 18.2 Å². The van der Waals surface area contributed by atoms with Crippen LogP contribution in [0.2, 0.25) is 0 Å². The van der Waals surface area contributed by atoms with Crippen molar-refractivity contribution in [1.82, 2.24) is 4.98 Å². The van der Waals surface area contributed by atoms with Crippen LogP contribution in [0.5, 0.6) is 0 Å². The first kappa shape index (κ1) is 15.8. The van der Waals surface area contributed by atoms with Crippen molar-refractivity contribution in [3.8, 4) is 0 Å². The van der Waals surface area contributed by atoms with Gasteiger partial charge in [0.05, 0.1) is 17.9 Å². The standard InChI is InChI=1S/C18H20N2O2/c1-4-22-18(21)16(17-7-5-6-12-19-17)13-14-8-10-15(11-9-14)20(2)3/h5-13H,4H2,1-3H3. The number of pyridine rings is 1. The number of anilines is 1. The number of hydrogen-bond acceptors (Lipinski definition) is 4. The Kier molecular flexibility index (Phi) is 5.31. The molecule has 0 aliphatic rings. The number of rotatable bonds is 5. The number of benzene rings is 1. The second-order valence-corrected chi connectivity index (χ2v) is 4.98. The van der Waals surface area contributed by atoms with Crippen molar-refractivity contribution in [1.29, 1.82) is 0 Å². The van der Waals surface area contributed by atoms with Crippen molar-refractivity contribution < 1.29 is 9.53 Å². The molecule has 0 amide bonds. The fraction of sp³-hybridized carbons (Fsp3) is 0.222. The second-order valence-electron chi connectivity index (χ2n) is 4.98. The van der Waals surface area contributed by atoms with E-state index < -0.39 is 0 Å². The van der Waals surface area contributed by atoms with E-state index in [1.807, 2.05) is 55.4 Å². The van der Waals surface area contributed by atoms with Gasteiger partial charge in [0.25, 0.3) is 0 Å². The predicted molar refractivity (Wildman–Crippen MR) is 89.5 cm³/mol. The monoisotopic (exact) mass is 296 g/mol. The predicted octanol–water partition coefficient (Wildman–Crippen LogP) is 3.25. The van der Waals surface area contributed by atoms with Crippen LogP contribution in [-0.4, -0.2) is 31.7 Å². The third-order valence-electron chi connectivity index (χ3n) is 3.16. The summed E-state index contributed by atoms with van der Waals surface area (Å²) < 4.78 is 5.14. The van der Waals surface area contributed by atoms with Crippen LogP contribution in [0.4, 0.5) is 5.69 Å². The van der Waals surface area contributed by atoms with Gasteiger partial charge in [0, 0.05) is 26.0 Å². The van der Waals surface area contributed by atoms with Crippen molar-refractivity contribution in [2.45, 2.75) is 6.92 Å². The van der Waals surface area contributed by atoms with Gasteiger partial charge >= 0.3 is 5.97 Å². The molecule has 0 atom stereocenters. The summed E-state index contributed by atoms with van der Waals surface area (Å²) in [5, 5.41) is 0. The molecule has 0 unspecified atom stereocenters. The molecule has 4 heteroatoms. The average molecular weight is 296 g/mol. The highest BCUT2D eigenvalue weighted by atomic mass is 16.5. The normalized spacial score (nSPS) is 11.1. The molecule has 0 bridgehead atoms. The minimum Gasteiger partial charge on any atom is -0.462 e. The van der Waals surface area contributed by atoms with E-state index in [1.54, 1.807) is 25.3 Å². The van der Waals surface area contributed by atoms with Crippen LogP contribution >= 0.6 is 0 Å². The lowest BCUT2D eigenvalue weighted by molar-refractivity contribution is -0.136. The Labute approximate surface area is 131 Å². The number of carbonyl (C=O) groups excluding carboxylic acids is 1. The summed E-state index contributed by atoms with van der Waals surface area (Å²) in [6.07, 6.45) is 3.47. The molecule has 1 aromatic carbocycles. The van der Waals surface area contributed by atoms with E-state index in [4.69, 9.17) is 4.74 Å². The van der Waals surface area contributed by atoms with Crippen LogP contribution < -0.4 is 4.90 Å². The molecule has 0 saturated carbocycles. The van der Waals surface area contributed by atoms with Gasteiger partial charge in [0.1, 0.15) is 0 Å². The van der Waals surface area contributed by atoms with Crippen LogP contribution in [0.1, 0.15) is 18.2 Å². The summed E-state index contributed by atoms with van der Waals surface area (Å²) in [6, 6.07) is 13.4. The summed E-state index contributed by atoms with van der Waals surface area (Å²) >= 11 is 0. The minimum atomic E-state index is -0.363. The molecule has 0 fully saturated rings. The number of ether oxygens (including phenoxy) is 1. The van der Waals surface area contributed by atoms with Gasteiger partial charge < -0.3 is 9.64 Å². The van der Waals surface area contributed by atoms with E-state index in [0.29, 0.717) is 17.9 Å². The van der Waals surface area contributed by atoms with Gasteiger partial charge in [-0.3, -0.25) is 4.98 Å². The zero-order valence-electron chi connectivity index (χ0n) is 13.1. The van der Waals surface area contributed by atoms with E-state index >= 15 is 0 Å². The van der Waals surface area contributed by atoms with Gasteiger partial charge in [-0.05, 0) is 42.8 Å². The van der Waals surface area contributed by atoms with Gasteiger partial charge in [-0.25, -0.2) is 4.79 Å². The molecule has 22 heavy (non-hydrogen) atoms. The molecule has 0 saturated heterocycles. The number of esters is 1. The molecule has 2 rings (SSSR count). The van der Waals surface area contributed by atoms with Gasteiger partial charge in [-0.15, -0.1) is 0 Å². The molecule has 0 radical (unpaired) electrons. The topological polar surface area (TPSA) is 42.4 Å². The van der Waals surface area contributed by atoms with E-state index in [0.717, 1.165) is 11.3 Å². The van der Waals surface area contributed by atoms with Crippen molar-refractivity contribution in [2.75, 3.05) is 25.6 Å². The molecule has 114 valence electrons. The maximum Gasteiger partial charge on any atom is 0.340 e. The summed E-state index contributed by atoms with van der Waals surface area (Å²) in [6.45, 7) is 2.13. The van der Waals surface area contributed by atoms with E-state index in [2.05, 4.69) is 4.98 Å². The van der Waals surface area contributed by atoms with Crippen molar-refractivity contribution in [3.63, 3.8) is 0 Å². The maximum absolute atomic E-state index is 12.2. The second kappa shape index (κ2) is 7.41. The molecule has 2 aromatic rings. The van der Waals surface area contributed by atoms with Crippen LogP contribution in [-0.2, 0) is 9.53 Å². The lowest BCUT2D eigenvalue weighted by Crippen LogP contribution is -2.08. The molecule has 0 aliphatic carbocycles. The lowest BCUT2D eigenvalue weighted by atomic mass is 10.1. The van der Waals surface area contributed by atoms with Gasteiger partial charge in [0.15, 0.2) is 0 Å². The number of hydrogen-bond donors (Lipinski definition) is 0.